The first-order chi connectivity index (χ1) is 9.66. The fourth-order valence-electron chi connectivity index (χ4n) is 2.72. The van der Waals surface area contributed by atoms with E-state index in [0.717, 1.165) is 30.5 Å². The third kappa shape index (κ3) is 2.34. The number of nitrogens with zero attached hydrogens (tertiary/aromatic N) is 1. The summed E-state index contributed by atoms with van der Waals surface area (Å²) >= 11 is 5.75. The first-order valence-electron chi connectivity index (χ1n) is 6.60. The summed E-state index contributed by atoms with van der Waals surface area (Å²) in [5.74, 6) is -0.793. The number of halogens is 2. The Morgan fingerprint density at radius 1 is 1.35 bits per heavy atom. The van der Waals surface area contributed by atoms with Gasteiger partial charge in [-0.15, -0.1) is 0 Å². The van der Waals surface area contributed by atoms with Gasteiger partial charge in [-0.3, -0.25) is 9.78 Å². The summed E-state index contributed by atoms with van der Waals surface area (Å²) in [6.07, 6.45) is 4.40. The molecule has 1 heterocycles. The van der Waals surface area contributed by atoms with Gasteiger partial charge < -0.3 is 0 Å². The molecule has 0 N–H and O–H groups in total. The van der Waals surface area contributed by atoms with Crippen LogP contribution in [0, 0.1) is 5.82 Å². The largest absolute Gasteiger partial charge is 0.293 e. The maximum absolute atomic E-state index is 13.2. The molecule has 1 aromatic carbocycles. The molecule has 0 saturated carbocycles. The van der Waals surface area contributed by atoms with Crippen molar-refractivity contribution < 1.29 is 9.18 Å². The standard InChI is InChI=1S/C16H13ClFNO/c17-13-9-11(6-7-14(13)18)16(20)12-5-1-3-10-4-2-8-19-15(10)12/h2,4,6-9,12H,1,3,5H2. The van der Waals surface area contributed by atoms with E-state index in [1.54, 1.807) is 6.20 Å². The van der Waals surface area contributed by atoms with Crippen molar-refractivity contribution in [3.8, 4) is 0 Å². The normalized spacial score (nSPS) is 17.6. The Labute approximate surface area is 121 Å². The van der Waals surface area contributed by atoms with E-state index in [1.165, 1.54) is 18.2 Å². The van der Waals surface area contributed by atoms with Gasteiger partial charge in [0.2, 0.25) is 0 Å². The number of carbonyl (C=O) groups is 1. The summed E-state index contributed by atoms with van der Waals surface area (Å²) in [5, 5.41) is -0.0205. The van der Waals surface area contributed by atoms with Gasteiger partial charge in [0.15, 0.2) is 5.78 Å². The minimum atomic E-state index is -0.509. The number of rotatable bonds is 2. The molecular formula is C16H13ClFNO. The van der Waals surface area contributed by atoms with E-state index in [-0.39, 0.29) is 16.7 Å². The molecule has 1 aliphatic carbocycles. The molecule has 0 radical (unpaired) electrons. The second-order valence-electron chi connectivity index (χ2n) is 4.99. The minimum Gasteiger partial charge on any atom is -0.293 e. The summed E-state index contributed by atoms with van der Waals surface area (Å²) in [5.41, 5.74) is 2.43. The van der Waals surface area contributed by atoms with Crippen LogP contribution in [0.25, 0.3) is 0 Å². The van der Waals surface area contributed by atoms with E-state index in [1.807, 2.05) is 12.1 Å². The predicted octanol–water partition coefficient (Wildman–Crippen LogP) is 4.18. The number of benzene rings is 1. The molecule has 0 bridgehead atoms. The number of carbonyl (C=O) groups excluding carboxylic acids is 1. The molecule has 2 nitrogen and oxygen atoms in total. The predicted molar refractivity (Wildman–Crippen MR) is 75.7 cm³/mol. The Balaban J connectivity index is 1.97. The quantitative estimate of drug-likeness (QED) is 0.777. The number of hydrogen-bond donors (Lipinski definition) is 0. The van der Waals surface area contributed by atoms with Crippen molar-refractivity contribution in [1.82, 2.24) is 4.98 Å². The Bertz CT molecular complexity index is 671. The lowest BCUT2D eigenvalue weighted by molar-refractivity contribution is 0.0949. The van der Waals surface area contributed by atoms with Gasteiger partial charge in [-0.25, -0.2) is 4.39 Å². The van der Waals surface area contributed by atoms with Gasteiger partial charge in [-0.1, -0.05) is 17.7 Å². The molecule has 20 heavy (non-hydrogen) atoms. The van der Waals surface area contributed by atoms with Crippen LogP contribution in [0.4, 0.5) is 4.39 Å². The SMILES string of the molecule is O=C(c1ccc(F)c(Cl)c1)C1CCCc2cccnc21. The van der Waals surface area contributed by atoms with Crippen molar-refractivity contribution in [2.24, 2.45) is 0 Å². The molecule has 4 heteroatoms. The minimum absolute atomic E-state index is 0.0205. The molecule has 2 aromatic rings. The zero-order valence-corrected chi connectivity index (χ0v) is 11.5. The number of Topliss-reactive ketones (excluding diaryl/α,β-unsaturated/α-hetero) is 1. The third-order valence-electron chi connectivity index (χ3n) is 3.72. The van der Waals surface area contributed by atoms with Gasteiger partial charge in [0.1, 0.15) is 5.82 Å². The lowest BCUT2D eigenvalue weighted by atomic mass is 9.82. The second-order valence-corrected chi connectivity index (χ2v) is 5.39. The fourth-order valence-corrected chi connectivity index (χ4v) is 2.90. The molecule has 0 spiro atoms. The van der Waals surface area contributed by atoms with Crippen LogP contribution in [0.15, 0.2) is 36.5 Å². The van der Waals surface area contributed by atoms with E-state index >= 15 is 0 Å². The Hall–Kier alpha value is -1.74. The zero-order valence-electron chi connectivity index (χ0n) is 10.8. The van der Waals surface area contributed by atoms with Crippen LogP contribution >= 0.6 is 11.6 Å². The van der Waals surface area contributed by atoms with Crippen LogP contribution in [0.3, 0.4) is 0 Å². The van der Waals surface area contributed by atoms with Gasteiger partial charge >= 0.3 is 0 Å². The van der Waals surface area contributed by atoms with Crippen molar-refractivity contribution in [2.45, 2.75) is 25.2 Å². The topological polar surface area (TPSA) is 30.0 Å². The number of ketones is 1. The highest BCUT2D eigenvalue weighted by Crippen LogP contribution is 2.33. The number of aryl methyl sites for hydroxylation is 1. The molecule has 1 unspecified atom stereocenters. The summed E-state index contributed by atoms with van der Waals surface area (Å²) in [6.45, 7) is 0. The number of hydrogen-bond acceptors (Lipinski definition) is 2. The smallest absolute Gasteiger partial charge is 0.171 e. The molecule has 0 aliphatic heterocycles. The molecule has 0 saturated heterocycles. The average Bonchev–Trinajstić information content (AvgIpc) is 2.49. The Morgan fingerprint density at radius 3 is 3.00 bits per heavy atom. The number of fused-ring (bicyclic) bond motifs is 1. The summed E-state index contributed by atoms with van der Waals surface area (Å²) in [4.78, 5) is 17.0. The van der Waals surface area contributed by atoms with Crippen molar-refractivity contribution in [2.75, 3.05) is 0 Å². The average molecular weight is 290 g/mol. The molecule has 0 amide bonds. The van der Waals surface area contributed by atoms with E-state index in [9.17, 15) is 9.18 Å². The molecule has 1 atom stereocenters. The summed E-state index contributed by atoms with van der Waals surface area (Å²) in [7, 11) is 0. The van der Waals surface area contributed by atoms with Crippen LogP contribution in [0.5, 0.6) is 0 Å². The van der Waals surface area contributed by atoms with Crippen molar-refractivity contribution >= 4 is 17.4 Å². The Kier molecular flexibility index (Phi) is 3.53. The van der Waals surface area contributed by atoms with Gasteiger partial charge in [-0.05, 0) is 49.1 Å². The molecular weight excluding hydrogens is 277 g/mol. The van der Waals surface area contributed by atoms with E-state index in [4.69, 9.17) is 11.6 Å². The van der Waals surface area contributed by atoms with Crippen molar-refractivity contribution in [1.29, 1.82) is 0 Å². The van der Waals surface area contributed by atoms with Crippen LogP contribution in [0.1, 0.15) is 40.4 Å². The maximum Gasteiger partial charge on any atom is 0.171 e. The molecule has 0 fully saturated rings. The fraction of sp³-hybridized carbons (Fsp3) is 0.250. The number of pyridine rings is 1. The molecule has 3 rings (SSSR count). The molecule has 102 valence electrons. The van der Waals surface area contributed by atoms with E-state index < -0.39 is 5.82 Å². The van der Waals surface area contributed by atoms with Gasteiger partial charge in [0.25, 0.3) is 0 Å². The highest BCUT2D eigenvalue weighted by molar-refractivity contribution is 6.31. The van der Waals surface area contributed by atoms with Crippen molar-refractivity contribution in [3.05, 3.63) is 64.2 Å². The van der Waals surface area contributed by atoms with Crippen molar-refractivity contribution in [3.63, 3.8) is 0 Å². The highest BCUT2D eigenvalue weighted by atomic mass is 35.5. The molecule has 1 aromatic heterocycles. The first-order valence-corrected chi connectivity index (χ1v) is 6.97. The lowest BCUT2D eigenvalue weighted by Gasteiger charge is -2.23. The van der Waals surface area contributed by atoms with E-state index in [2.05, 4.69) is 4.98 Å². The van der Waals surface area contributed by atoms with Crippen LogP contribution in [-0.4, -0.2) is 10.8 Å². The van der Waals surface area contributed by atoms with E-state index in [0.29, 0.717) is 5.56 Å². The van der Waals surface area contributed by atoms with Crippen LogP contribution in [0.2, 0.25) is 5.02 Å². The second kappa shape index (κ2) is 5.33. The molecule has 1 aliphatic rings. The first kappa shape index (κ1) is 13.3. The lowest BCUT2D eigenvalue weighted by Crippen LogP contribution is -2.20. The van der Waals surface area contributed by atoms with Crippen LogP contribution in [-0.2, 0) is 6.42 Å². The number of aromatic nitrogens is 1. The van der Waals surface area contributed by atoms with Gasteiger partial charge in [0.05, 0.1) is 16.6 Å². The maximum atomic E-state index is 13.2. The monoisotopic (exact) mass is 289 g/mol. The summed E-state index contributed by atoms with van der Waals surface area (Å²) < 4.78 is 13.2. The Morgan fingerprint density at radius 2 is 2.20 bits per heavy atom. The zero-order chi connectivity index (χ0) is 14.1. The van der Waals surface area contributed by atoms with Gasteiger partial charge in [-0.2, -0.15) is 0 Å². The summed E-state index contributed by atoms with van der Waals surface area (Å²) in [6, 6.07) is 8.02. The third-order valence-corrected chi connectivity index (χ3v) is 4.01. The van der Waals surface area contributed by atoms with Gasteiger partial charge in [0, 0.05) is 11.8 Å². The highest BCUT2D eigenvalue weighted by Gasteiger charge is 2.28. The van der Waals surface area contributed by atoms with Crippen LogP contribution < -0.4 is 0 Å².